The van der Waals surface area contributed by atoms with Crippen molar-refractivity contribution in [1.82, 2.24) is 0 Å². The van der Waals surface area contributed by atoms with Gasteiger partial charge in [-0.25, -0.2) is 4.39 Å². The van der Waals surface area contributed by atoms with E-state index in [1.165, 1.54) is 18.2 Å². The van der Waals surface area contributed by atoms with Crippen molar-refractivity contribution in [3.05, 3.63) is 61.8 Å². The molecule has 2 aromatic rings. The largest absolute Gasteiger partial charge is 0.322 e. The van der Waals surface area contributed by atoms with Crippen molar-refractivity contribution < 1.29 is 9.18 Å². The van der Waals surface area contributed by atoms with Crippen molar-refractivity contribution in [3.63, 3.8) is 0 Å². The first-order valence-electron chi connectivity index (χ1n) is 5.60. The third kappa shape index (κ3) is 3.32. The molecule has 0 saturated heterocycles. The fourth-order valence-corrected chi connectivity index (χ4v) is 2.36. The predicted octanol–water partition coefficient (Wildman–Crippen LogP) is 5.46. The summed E-state index contributed by atoms with van der Waals surface area (Å²) in [5.74, 6) is -0.791. The Labute approximate surface area is 134 Å². The van der Waals surface area contributed by atoms with Gasteiger partial charge in [-0.1, -0.05) is 23.2 Å². The maximum Gasteiger partial charge on any atom is 0.257 e. The Morgan fingerprint density at radius 2 is 1.95 bits per heavy atom. The summed E-state index contributed by atoms with van der Waals surface area (Å²) in [5, 5.41) is 3.39. The van der Waals surface area contributed by atoms with Crippen LogP contribution in [-0.4, -0.2) is 5.91 Å². The van der Waals surface area contributed by atoms with Gasteiger partial charge in [-0.2, -0.15) is 0 Å². The average Bonchev–Trinajstić information content (AvgIpc) is 2.38. The molecule has 104 valence electrons. The molecule has 0 spiro atoms. The van der Waals surface area contributed by atoms with E-state index >= 15 is 0 Å². The SMILES string of the molecule is Cc1cc(F)c(Br)cc1NC(=O)c1cc(Cl)ccc1Cl. The van der Waals surface area contributed by atoms with Crippen molar-refractivity contribution in [2.24, 2.45) is 0 Å². The third-order valence-electron chi connectivity index (χ3n) is 2.69. The van der Waals surface area contributed by atoms with Crippen LogP contribution in [0.2, 0.25) is 10.0 Å². The molecule has 6 heteroatoms. The second kappa shape index (κ2) is 6.12. The number of hydrogen-bond donors (Lipinski definition) is 1. The lowest BCUT2D eigenvalue weighted by molar-refractivity contribution is 0.102. The Bertz CT molecular complexity index is 691. The van der Waals surface area contributed by atoms with Crippen LogP contribution < -0.4 is 5.32 Å². The molecule has 0 atom stereocenters. The standard InChI is InChI=1S/C14H9BrCl2FNO/c1-7-4-12(18)10(15)6-13(7)19-14(20)9-5-8(16)2-3-11(9)17/h2-6H,1H3,(H,19,20). The highest BCUT2D eigenvalue weighted by atomic mass is 79.9. The molecule has 2 nitrogen and oxygen atoms in total. The summed E-state index contributed by atoms with van der Waals surface area (Å²) in [6, 6.07) is 7.46. The van der Waals surface area contributed by atoms with Gasteiger partial charge in [0.15, 0.2) is 0 Å². The average molecular weight is 377 g/mol. The monoisotopic (exact) mass is 375 g/mol. The van der Waals surface area contributed by atoms with E-state index in [9.17, 15) is 9.18 Å². The minimum Gasteiger partial charge on any atom is -0.322 e. The normalized spacial score (nSPS) is 10.4. The number of aryl methyl sites for hydroxylation is 1. The summed E-state index contributed by atoms with van der Waals surface area (Å²) in [5.41, 5.74) is 1.37. The first kappa shape index (κ1) is 15.3. The zero-order valence-electron chi connectivity index (χ0n) is 10.3. The lowest BCUT2D eigenvalue weighted by Crippen LogP contribution is -2.13. The minimum atomic E-state index is -0.404. The van der Waals surface area contributed by atoms with Crippen LogP contribution in [-0.2, 0) is 0 Å². The van der Waals surface area contributed by atoms with Crippen molar-refractivity contribution >= 4 is 50.7 Å². The molecule has 1 N–H and O–H groups in total. The van der Waals surface area contributed by atoms with Gasteiger partial charge < -0.3 is 5.32 Å². The summed E-state index contributed by atoms with van der Waals surface area (Å²) in [4.78, 5) is 12.2. The molecule has 0 heterocycles. The topological polar surface area (TPSA) is 29.1 Å². The van der Waals surface area contributed by atoms with Crippen LogP contribution in [0.5, 0.6) is 0 Å². The number of benzene rings is 2. The number of hydrogen-bond acceptors (Lipinski definition) is 1. The predicted molar refractivity (Wildman–Crippen MR) is 83.3 cm³/mol. The lowest BCUT2D eigenvalue weighted by atomic mass is 10.1. The van der Waals surface area contributed by atoms with Crippen LogP contribution in [0.15, 0.2) is 34.8 Å². The maximum atomic E-state index is 13.3. The molecule has 0 aliphatic heterocycles. The van der Waals surface area contributed by atoms with Crippen molar-refractivity contribution in [1.29, 1.82) is 0 Å². The Kier molecular flexibility index (Phi) is 4.68. The van der Waals surface area contributed by atoms with E-state index in [1.54, 1.807) is 19.1 Å². The molecule has 0 radical (unpaired) electrons. The third-order valence-corrected chi connectivity index (χ3v) is 3.86. The van der Waals surface area contributed by atoms with Crippen LogP contribution in [0.1, 0.15) is 15.9 Å². The first-order chi connectivity index (χ1) is 9.38. The second-order valence-electron chi connectivity index (χ2n) is 4.16. The summed E-state index contributed by atoms with van der Waals surface area (Å²) in [6.07, 6.45) is 0. The molecule has 1 amide bonds. The van der Waals surface area contributed by atoms with Crippen LogP contribution in [0.3, 0.4) is 0 Å². The van der Waals surface area contributed by atoms with Gasteiger partial charge in [0, 0.05) is 10.7 Å². The van der Waals surface area contributed by atoms with E-state index < -0.39 is 5.91 Å². The number of rotatable bonds is 2. The molecule has 0 aliphatic rings. The first-order valence-corrected chi connectivity index (χ1v) is 7.15. The van der Waals surface area contributed by atoms with Crippen LogP contribution in [0, 0.1) is 12.7 Å². The van der Waals surface area contributed by atoms with E-state index in [0.29, 0.717) is 21.3 Å². The van der Waals surface area contributed by atoms with Gasteiger partial charge in [-0.05, 0) is 58.7 Å². The highest BCUT2D eigenvalue weighted by Crippen LogP contribution is 2.26. The number of amides is 1. The molecular formula is C14H9BrCl2FNO. The zero-order valence-corrected chi connectivity index (χ0v) is 13.4. The quantitative estimate of drug-likeness (QED) is 0.741. The summed E-state index contributed by atoms with van der Waals surface area (Å²) >= 11 is 14.9. The molecule has 0 fully saturated rings. The maximum absolute atomic E-state index is 13.3. The van der Waals surface area contributed by atoms with Gasteiger partial charge in [-0.15, -0.1) is 0 Å². The van der Waals surface area contributed by atoms with Crippen molar-refractivity contribution in [2.45, 2.75) is 6.92 Å². The van der Waals surface area contributed by atoms with Crippen molar-refractivity contribution in [3.8, 4) is 0 Å². The second-order valence-corrected chi connectivity index (χ2v) is 5.86. The molecule has 0 bridgehead atoms. The summed E-state index contributed by atoms with van der Waals surface area (Å²) in [7, 11) is 0. The van der Waals surface area contributed by atoms with Gasteiger partial charge in [0.05, 0.1) is 15.1 Å². The van der Waals surface area contributed by atoms with E-state index in [-0.39, 0.29) is 15.9 Å². The van der Waals surface area contributed by atoms with E-state index in [1.807, 2.05) is 0 Å². The fourth-order valence-electron chi connectivity index (χ4n) is 1.64. The molecule has 2 aromatic carbocycles. The minimum absolute atomic E-state index is 0.263. The molecule has 2 rings (SSSR count). The van der Waals surface area contributed by atoms with Gasteiger partial charge in [0.2, 0.25) is 0 Å². The van der Waals surface area contributed by atoms with E-state index in [4.69, 9.17) is 23.2 Å². The molecule has 0 aliphatic carbocycles. The highest BCUT2D eigenvalue weighted by Gasteiger charge is 2.13. The van der Waals surface area contributed by atoms with Crippen LogP contribution in [0.25, 0.3) is 0 Å². The Morgan fingerprint density at radius 3 is 2.65 bits per heavy atom. The summed E-state index contributed by atoms with van der Waals surface area (Å²) < 4.78 is 13.6. The van der Waals surface area contributed by atoms with E-state index in [0.717, 1.165) is 0 Å². The summed E-state index contributed by atoms with van der Waals surface area (Å²) in [6.45, 7) is 1.70. The zero-order chi connectivity index (χ0) is 14.9. The van der Waals surface area contributed by atoms with Gasteiger partial charge in [-0.3, -0.25) is 4.79 Å². The molecular weight excluding hydrogens is 368 g/mol. The van der Waals surface area contributed by atoms with Gasteiger partial charge >= 0.3 is 0 Å². The van der Waals surface area contributed by atoms with Gasteiger partial charge in [0.25, 0.3) is 5.91 Å². The fraction of sp³-hybridized carbons (Fsp3) is 0.0714. The number of nitrogens with one attached hydrogen (secondary N) is 1. The number of halogens is 4. The molecule has 0 saturated carbocycles. The van der Waals surface area contributed by atoms with Crippen molar-refractivity contribution in [2.75, 3.05) is 5.32 Å². The Balaban J connectivity index is 2.32. The number of anilines is 1. The highest BCUT2D eigenvalue weighted by molar-refractivity contribution is 9.10. The molecule has 20 heavy (non-hydrogen) atoms. The smallest absolute Gasteiger partial charge is 0.257 e. The van der Waals surface area contributed by atoms with Crippen LogP contribution in [0.4, 0.5) is 10.1 Å². The Morgan fingerprint density at radius 1 is 1.25 bits per heavy atom. The number of carbonyl (C=O) groups excluding carboxylic acids is 1. The Hall–Kier alpha value is -1.10. The lowest BCUT2D eigenvalue weighted by Gasteiger charge is -2.10. The molecule has 0 aromatic heterocycles. The van der Waals surface area contributed by atoms with Gasteiger partial charge in [0.1, 0.15) is 5.82 Å². The number of carbonyl (C=O) groups is 1. The van der Waals surface area contributed by atoms with Crippen LogP contribution >= 0.6 is 39.1 Å². The molecule has 0 unspecified atom stereocenters. The van der Waals surface area contributed by atoms with E-state index in [2.05, 4.69) is 21.2 Å².